The number of carbonyl (C=O) groups is 1. The molecule has 2 unspecified atom stereocenters. The van der Waals surface area contributed by atoms with Crippen LogP contribution in [0, 0.1) is 7.05 Å². The number of Topliss-reactive ketones (excluding diaryl/α,β-unsaturated/α-hetero) is 1. The van der Waals surface area contributed by atoms with E-state index in [1.807, 2.05) is 0 Å². The summed E-state index contributed by atoms with van der Waals surface area (Å²) >= 11 is 0. The number of rotatable bonds is 0. The molecule has 2 nitrogen and oxygen atoms in total. The lowest BCUT2D eigenvalue weighted by Gasteiger charge is -2.37. The molecule has 2 atom stereocenters. The van der Waals surface area contributed by atoms with Gasteiger partial charge < -0.3 is 4.90 Å². The molecule has 2 heterocycles. The van der Waals surface area contributed by atoms with Crippen molar-refractivity contribution in [2.45, 2.75) is 37.8 Å². The van der Waals surface area contributed by atoms with Gasteiger partial charge in [-0.1, -0.05) is 0 Å². The Labute approximate surface area is 61.2 Å². The second kappa shape index (κ2) is 2.06. The van der Waals surface area contributed by atoms with Gasteiger partial charge in [-0.15, -0.1) is 0 Å². The van der Waals surface area contributed by atoms with Crippen molar-refractivity contribution >= 4 is 5.78 Å². The number of hydrogen-bond donors (Lipinski definition) is 0. The summed E-state index contributed by atoms with van der Waals surface area (Å²) in [7, 11) is 3.94. The molecule has 56 valence electrons. The average Bonchev–Trinajstić information content (AvgIpc) is 2.20. The third-order valence-corrected chi connectivity index (χ3v) is 2.70. The molecule has 0 aliphatic carbocycles. The zero-order valence-corrected chi connectivity index (χ0v) is 6.05. The molecule has 0 saturated carbocycles. The fourth-order valence-corrected chi connectivity index (χ4v) is 2.06. The van der Waals surface area contributed by atoms with Crippen LogP contribution in [0.5, 0.6) is 0 Å². The summed E-state index contributed by atoms with van der Waals surface area (Å²) in [6.07, 6.45) is 3.86. The van der Waals surface area contributed by atoms with Crippen molar-refractivity contribution in [1.29, 1.82) is 0 Å². The first-order valence-corrected chi connectivity index (χ1v) is 3.88. The second-order valence-electron chi connectivity index (χ2n) is 3.35. The smallest absolute Gasteiger partial charge is 0.135 e. The van der Waals surface area contributed by atoms with E-state index in [0.717, 1.165) is 12.8 Å². The molecule has 0 spiro atoms. The molecular weight excluding hydrogens is 126 g/mol. The lowest BCUT2D eigenvalue weighted by atomic mass is 10.0. The van der Waals surface area contributed by atoms with E-state index < -0.39 is 0 Å². The van der Waals surface area contributed by atoms with Crippen LogP contribution < -0.4 is 0 Å². The molecule has 2 heteroatoms. The van der Waals surface area contributed by atoms with Gasteiger partial charge in [-0.25, -0.2) is 0 Å². The van der Waals surface area contributed by atoms with Crippen LogP contribution in [0.4, 0.5) is 0 Å². The standard InChI is InChI=1S/C8H12NO/c1-9-6-2-3-7(9)5-8(10)4-6/h6-7H,1-5H2/q-1. The van der Waals surface area contributed by atoms with E-state index in [4.69, 9.17) is 0 Å². The lowest BCUT2D eigenvalue weighted by Crippen LogP contribution is -2.38. The van der Waals surface area contributed by atoms with Gasteiger partial charge in [-0.2, -0.15) is 0 Å². The first-order chi connectivity index (χ1) is 4.77. The van der Waals surface area contributed by atoms with Crippen molar-refractivity contribution in [3.63, 3.8) is 0 Å². The van der Waals surface area contributed by atoms with E-state index in [0.29, 0.717) is 17.9 Å². The summed E-state index contributed by atoms with van der Waals surface area (Å²) in [5.74, 6) is 0.437. The number of ketones is 1. The maximum atomic E-state index is 11.0. The lowest BCUT2D eigenvalue weighted by molar-refractivity contribution is -0.122. The molecule has 0 amide bonds. The van der Waals surface area contributed by atoms with Crippen LogP contribution in [0.3, 0.4) is 0 Å². The summed E-state index contributed by atoms with van der Waals surface area (Å²) in [6, 6.07) is 0.956. The van der Waals surface area contributed by atoms with Gasteiger partial charge in [0.1, 0.15) is 5.78 Å². The molecule has 0 aromatic heterocycles. The van der Waals surface area contributed by atoms with Gasteiger partial charge >= 0.3 is 0 Å². The van der Waals surface area contributed by atoms with E-state index in [-0.39, 0.29) is 0 Å². The van der Waals surface area contributed by atoms with E-state index in [1.165, 1.54) is 12.8 Å². The minimum absolute atomic E-state index is 0.437. The van der Waals surface area contributed by atoms with Gasteiger partial charge in [0.15, 0.2) is 0 Å². The minimum atomic E-state index is 0.437. The quantitative estimate of drug-likeness (QED) is 0.465. The number of carbonyl (C=O) groups excluding carboxylic acids is 1. The van der Waals surface area contributed by atoms with Crippen molar-refractivity contribution in [2.24, 2.45) is 0 Å². The van der Waals surface area contributed by atoms with Crippen LogP contribution in [0.1, 0.15) is 25.7 Å². The zero-order chi connectivity index (χ0) is 7.14. The van der Waals surface area contributed by atoms with Gasteiger partial charge in [-0.3, -0.25) is 11.8 Å². The predicted octanol–water partition coefficient (Wildman–Crippen LogP) is 0.974. The second-order valence-corrected chi connectivity index (χ2v) is 3.35. The molecule has 0 aromatic rings. The Bertz CT molecular complexity index is 151. The summed E-state index contributed by atoms with van der Waals surface area (Å²) in [5, 5.41) is 0. The monoisotopic (exact) mass is 138 g/mol. The minimum Gasteiger partial charge on any atom is -0.453 e. The normalized spacial score (nSPS) is 40.7. The fourth-order valence-electron chi connectivity index (χ4n) is 2.06. The molecule has 2 bridgehead atoms. The van der Waals surface area contributed by atoms with Crippen LogP contribution in [0.2, 0.25) is 0 Å². The highest BCUT2D eigenvalue weighted by Gasteiger charge is 2.33. The van der Waals surface area contributed by atoms with Crippen LogP contribution in [-0.2, 0) is 4.79 Å². The van der Waals surface area contributed by atoms with Crippen LogP contribution in [-0.4, -0.2) is 22.8 Å². The molecule has 10 heavy (non-hydrogen) atoms. The Morgan fingerprint density at radius 1 is 1.30 bits per heavy atom. The van der Waals surface area contributed by atoms with Crippen LogP contribution >= 0.6 is 0 Å². The van der Waals surface area contributed by atoms with Gasteiger partial charge in [0, 0.05) is 12.8 Å². The molecule has 2 aliphatic rings. The van der Waals surface area contributed by atoms with E-state index in [1.54, 1.807) is 0 Å². The maximum absolute atomic E-state index is 11.0. The highest BCUT2D eigenvalue weighted by atomic mass is 16.1. The number of piperidine rings is 1. The predicted molar refractivity (Wildman–Crippen MR) is 38.2 cm³/mol. The largest absolute Gasteiger partial charge is 0.453 e. The highest BCUT2D eigenvalue weighted by Crippen LogP contribution is 2.32. The van der Waals surface area contributed by atoms with E-state index >= 15 is 0 Å². The first kappa shape index (κ1) is 6.35. The van der Waals surface area contributed by atoms with Gasteiger partial charge in [0.2, 0.25) is 0 Å². The molecule has 0 aromatic carbocycles. The highest BCUT2D eigenvalue weighted by molar-refractivity contribution is 5.80. The Kier molecular flexibility index (Phi) is 1.31. The number of hydrogen-bond acceptors (Lipinski definition) is 2. The topological polar surface area (TPSA) is 20.3 Å². The summed E-state index contributed by atoms with van der Waals surface area (Å²) in [4.78, 5) is 13.1. The van der Waals surface area contributed by atoms with Crippen LogP contribution in [0.15, 0.2) is 0 Å². The van der Waals surface area contributed by atoms with E-state index in [9.17, 15) is 4.79 Å². The molecular formula is C8H12NO-. The van der Waals surface area contributed by atoms with Crippen molar-refractivity contribution in [3.8, 4) is 0 Å². The third kappa shape index (κ3) is 0.788. The maximum Gasteiger partial charge on any atom is 0.135 e. The fraction of sp³-hybridized carbons (Fsp3) is 0.750. The summed E-state index contributed by atoms with van der Waals surface area (Å²) in [5.41, 5.74) is 0. The Morgan fingerprint density at radius 2 is 1.80 bits per heavy atom. The molecule has 0 radical (unpaired) electrons. The molecule has 2 rings (SSSR count). The van der Waals surface area contributed by atoms with Crippen molar-refractivity contribution in [2.75, 3.05) is 0 Å². The Balaban J connectivity index is 2.16. The summed E-state index contributed by atoms with van der Waals surface area (Å²) < 4.78 is 0. The Morgan fingerprint density at radius 3 is 2.30 bits per heavy atom. The van der Waals surface area contributed by atoms with Crippen molar-refractivity contribution < 1.29 is 4.79 Å². The van der Waals surface area contributed by atoms with Crippen LogP contribution in [0.25, 0.3) is 0 Å². The third-order valence-electron chi connectivity index (χ3n) is 2.70. The zero-order valence-electron chi connectivity index (χ0n) is 6.05. The average molecular weight is 138 g/mol. The number of fused-ring (bicyclic) bond motifs is 2. The molecule has 2 saturated heterocycles. The molecule has 2 fully saturated rings. The van der Waals surface area contributed by atoms with E-state index in [2.05, 4.69) is 11.9 Å². The van der Waals surface area contributed by atoms with Crippen molar-refractivity contribution in [3.05, 3.63) is 7.05 Å². The summed E-state index contributed by atoms with van der Waals surface area (Å²) in [6.45, 7) is 0. The van der Waals surface area contributed by atoms with Gasteiger partial charge in [0.25, 0.3) is 0 Å². The molecule has 0 N–H and O–H groups in total. The first-order valence-electron chi connectivity index (χ1n) is 3.88. The van der Waals surface area contributed by atoms with Gasteiger partial charge in [0.05, 0.1) is 0 Å². The van der Waals surface area contributed by atoms with Crippen molar-refractivity contribution in [1.82, 2.24) is 4.90 Å². The SMILES string of the molecule is [CH2-]N1C2CCC1CC(=O)C2. The molecule has 2 aliphatic heterocycles. The van der Waals surface area contributed by atoms with Gasteiger partial charge in [-0.05, 0) is 24.9 Å². The number of nitrogens with zero attached hydrogens (tertiary/aromatic N) is 1. The Hall–Kier alpha value is -0.370.